The van der Waals surface area contributed by atoms with Gasteiger partial charge in [-0.15, -0.1) is 10.2 Å². The molecule has 1 fully saturated rings. The zero-order valence-corrected chi connectivity index (χ0v) is 16.7. The Hall–Kier alpha value is -3.81. The van der Waals surface area contributed by atoms with Gasteiger partial charge in [-0.2, -0.15) is 0 Å². The van der Waals surface area contributed by atoms with E-state index in [1.807, 2.05) is 47.4 Å². The third kappa shape index (κ3) is 3.11. The Morgan fingerprint density at radius 2 is 2.00 bits per heavy atom. The number of hydrogen-bond acceptors (Lipinski definition) is 6. The van der Waals surface area contributed by atoms with Crippen LogP contribution < -0.4 is 9.47 Å². The number of likely N-dealkylation sites (tertiary alicyclic amines) is 1. The second-order valence-electron chi connectivity index (χ2n) is 7.85. The minimum Gasteiger partial charge on any atom is -0.454 e. The summed E-state index contributed by atoms with van der Waals surface area (Å²) in [5.41, 5.74) is 2.44. The molecule has 4 heterocycles. The lowest BCUT2D eigenvalue weighted by molar-refractivity contribution is 0.0700. The number of aromatic amines is 1. The number of rotatable bonds is 3. The molecule has 1 unspecified atom stereocenters. The Morgan fingerprint density at radius 1 is 1.10 bits per heavy atom. The number of aromatic nitrogens is 3. The number of nitrogens with zero attached hydrogens (tertiary/aromatic N) is 3. The Morgan fingerprint density at radius 3 is 2.97 bits per heavy atom. The van der Waals surface area contributed by atoms with E-state index in [9.17, 15) is 4.79 Å². The first-order chi connectivity index (χ1) is 15.3. The molecule has 2 aromatic carbocycles. The lowest BCUT2D eigenvalue weighted by Gasteiger charge is -2.31. The smallest absolute Gasteiger partial charge is 0.256 e. The number of amides is 1. The highest BCUT2D eigenvalue weighted by Gasteiger charge is 2.30. The number of benzene rings is 2. The van der Waals surface area contributed by atoms with E-state index < -0.39 is 0 Å². The van der Waals surface area contributed by atoms with Gasteiger partial charge in [-0.05, 0) is 37.1 Å². The van der Waals surface area contributed by atoms with Crippen LogP contribution in [0.2, 0.25) is 0 Å². The van der Waals surface area contributed by atoms with Crippen molar-refractivity contribution in [3.8, 4) is 23.0 Å². The maximum absolute atomic E-state index is 13.2. The maximum Gasteiger partial charge on any atom is 0.256 e. The number of nitrogens with one attached hydrogen (secondary N) is 1. The van der Waals surface area contributed by atoms with Crippen molar-refractivity contribution in [2.75, 3.05) is 19.9 Å². The molecule has 0 aliphatic carbocycles. The van der Waals surface area contributed by atoms with Gasteiger partial charge >= 0.3 is 0 Å². The number of carbonyl (C=O) groups excluding carboxylic acids is 1. The normalized spacial score (nSPS) is 17.9. The minimum atomic E-state index is 0.0122. The summed E-state index contributed by atoms with van der Waals surface area (Å²) in [5.74, 6) is 2.42. The second-order valence-corrected chi connectivity index (χ2v) is 7.85. The molecule has 1 amide bonds. The number of ether oxygens (including phenoxy) is 2. The average Bonchev–Trinajstić information content (AvgIpc) is 3.57. The predicted octanol–water partition coefficient (Wildman–Crippen LogP) is 3.97. The van der Waals surface area contributed by atoms with E-state index in [1.54, 1.807) is 6.20 Å². The van der Waals surface area contributed by atoms with E-state index in [2.05, 4.69) is 15.2 Å². The third-order valence-electron chi connectivity index (χ3n) is 5.94. The molecule has 8 heteroatoms. The average molecular weight is 416 g/mol. The van der Waals surface area contributed by atoms with Gasteiger partial charge in [-0.25, -0.2) is 0 Å². The van der Waals surface area contributed by atoms with E-state index in [0.29, 0.717) is 35.4 Å². The molecule has 4 aromatic rings. The predicted molar refractivity (Wildman–Crippen MR) is 112 cm³/mol. The highest BCUT2D eigenvalue weighted by atomic mass is 16.7. The lowest BCUT2D eigenvalue weighted by Crippen LogP contribution is -2.39. The third-order valence-corrected chi connectivity index (χ3v) is 5.94. The van der Waals surface area contributed by atoms with Crippen LogP contribution in [-0.4, -0.2) is 45.9 Å². The van der Waals surface area contributed by atoms with Crippen molar-refractivity contribution in [1.82, 2.24) is 20.1 Å². The summed E-state index contributed by atoms with van der Waals surface area (Å²) >= 11 is 0. The number of carbonyl (C=O) groups is 1. The number of para-hydroxylation sites is 1. The Kier molecular flexibility index (Phi) is 4.15. The van der Waals surface area contributed by atoms with Crippen LogP contribution in [0.15, 0.2) is 53.1 Å². The zero-order chi connectivity index (χ0) is 20.8. The van der Waals surface area contributed by atoms with Crippen molar-refractivity contribution in [3.05, 3.63) is 60.1 Å². The van der Waals surface area contributed by atoms with Crippen molar-refractivity contribution in [2.45, 2.75) is 18.8 Å². The topological polar surface area (TPSA) is 93.5 Å². The van der Waals surface area contributed by atoms with Gasteiger partial charge in [0.15, 0.2) is 11.5 Å². The van der Waals surface area contributed by atoms with Crippen LogP contribution in [0.4, 0.5) is 0 Å². The van der Waals surface area contributed by atoms with E-state index in [0.717, 1.165) is 35.9 Å². The monoisotopic (exact) mass is 416 g/mol. The second kappa shape index (κ2) is 7.16. The highest BCUT2D eigenvalue weighted by Crippen LogP contribution is 2.36. The summed E-state index contributed by atoms with van der Waals surface area (Å²) in [4.78, 5) is 18.3. The van der Waals surface area contributed by atoms with Gasteiger partial charge in [-0.3, -0.25) is 4.79 Å². The standard InChI is InChI=1S/C23H20N4O4/c28-23(17-11-24-18-6-2-1-5-16(17)18)27-9-3-4-15(12-27)22-26-25-21(31-22)14-7-8-19-20(10-14)30-13-29-19/h1-2,5-8,10-11,15,24H,3-4,9,12-13H2. The molecule has 0 spiro atoms. The van der Waals surface area contributed by atoms with Crippen LogP contribution in [0.25, 0.3) is 22.4 Å². The van der Waals surface area contributed by atoms with Crippen LogP contribution in [-0.2, 0) is 0 Å². The lowest BCUT2D eigenvalue weighted by atomic mass is 9.97. The minimum absolute atomic E-state index is 0.0122. The molecule has 2 aliphatic rings. The van der Waals surface area contributed by atoms with E-state index in [4.69, 9.17) is 13.9 Å². The maximum atomic E-state index is 13.2. The summed E-state index contributed by atoms with van der Waals surface area (Å²) < 4.78 is 16.8. The fourth-order valence-electron chi connectivity index (χ4n) is 4.33. The first-order valence-electron chi connectivity index (χ1n) is 10.3. The Bertz CT molecular complexity index is 1280. The van der Waals surface area contributed by atoms with Crippen molar-refractivity contribution >= 4 is 16.8 Å². The number of fused-ring (bicyclic) bond motifs is 2. The number of H-pyrrole nitrogens is 1. The molecule has 6 rings (SSSR count). The molecule has 0 radical (unpaired) electrons. The van der Waals surface area contributed by atoms with Crippen molar-refractivity contribution in [1.29, 1.82) is 0 Å². The largest absolute Gasteiger partial charge is 0.454 e. The molecular weight excluding hydrogens is 396 g/mol. The van der Waals surface area contributed by atoms with Crippen molar-refractivity contribution in [2.24, 2.45) is 0 Å². The Labute approximate surface area is 177 Å². The van der Waals surface area contributed by atoms with Gasteiger partial charge in [0.05, 0.1) is 11.5 Å². The zero-order valence-electron chi connectivity index (χ0n) is 16.7. The van der Waals surface area contributed by atoms with E-state index in [-0.39, 0.29) is 18.6 Å². The first-order valence-corrected chi connectivity index (χ1v) is 10.3. The molecule has 1 saturated heterocycles. The van der Waals surface area contributed by atoms with Crippen LogP contribution >= 0.6 is 0 Å². The SMILES string of the molecule is O=C(c1c[nH]c2ccccc12)N1CCCC(c2nnc(-c3ccc4c(c3)OCO4)o2)C1. The summed E-state index contributed by atoms with van der Waals surface area (Å²) in [6, 6.07) is 13.4. The first kappa shape index (κ1) is 18.0. The molecule has 0 saturated carbocycles. The summed E-state index contributed by atoms with van der Waals surface area (Å²) in [6.45, 7) is 1.50. The molecule has 8 nitrogen and oxygen atoms in total. The van der Waals surface area contributed by atoms with Crippen molar-refractivity contribution < 1.29 is 18.7 Å². The molecule has 0 bridgehead atoms. The quantitative estimate of drug-likeness (QED) is 0.543. The molecule has 2 aliphatic heterocycles. The van der Waals surface area contributed by atoms with Gasteiger partial charge < -0.3 is 23.8 Å². The van der Waals surface area contributed by atoms with Crippen LogP contribution in [0.5, 0.6) is 11.5 Å². The van der Waals surface area contributed by atoms with Gasteiger partial charge in [0.1, 0.15) is 0 Å². The number of hydrogen-bond donors (Lipinski definition) is 1. The summed E-state index contributed by atoms with van der Waals surface area (Å²) in [5, 5.41) is 9.45. The molecular formula is C23H20N4O4. The summed E-state index contributed by atoms with van der Waals surface area (Å²) in [7, 11) is 0. The van der Waals surface area contributed by atoms with Crippen LogP contribution in [0.3, 0.4) is 0 Å². The molecule has 2 aromatic heterocycles. The summed E-state index contributed by atoms with van der Waals surface area (Å²) in [6.07, 6.45) is 3.59. The van der Waals surface area contributed by atoms with Gasteiger partial charge in [0.25, 0.3) is 5.91 Å². The van der Waals surface area contributed by atoms with E-state index in [1.165, 1.54) is 0 Å². The number of piperidine rings is 1. The van der Waals surface area contributed by atoms with Crippen molar-refractivity contribution in [3.63, 3.8) is 0 Å². The van der Waals surface area contributed by atoms with Crippen LogP contribution in [0, 0.1) is 0 Å². The highest BCUT2D eigenvalue weighted by molar-refractivity contribution is 6.06. The van der Waals surface area contributed by atoms with Crippen LogP contribution in [0.1, 0.15) is 35.0 Å². The fraction of sp³-hybridized carbons (Fsp3) is 0.261. The van der Waals surface area contributed by atoms with Gasteiger partial charge in [0, 0.05) is 35.8 Å². The molecule has 1 atom stereocenters. The molecule has 1 N–H and O–H groups in total. The van der Waals surface area contributed by atoms with Gasteiger partial charge in [0.2, 0.25) is 18.6 Å². The van der Waals surface area contributed by atoms with E-state index >= 15 is 0 Å². The fourth-order valence-corrected chi connectivity index (χ4v) is 4.33. The molecule has 156 valence electrons. The van der Waals surface area contributed by atoms with Gasteiger partial charge in [-0.1, -0.05) is 18.2 Å². The molecule has 31 heavy (non-hydrogen) atoms. The Balaban J connectivity index is 1.22.